The van der Waals surface area contributed by atoms with E-state index in [1.807, 2.05) is 6.92 Å². The molecule has 0 saturated heterocycles. The second-order valence-corrected chi connectivity index (χ2v) is 3.62. The number of rotatable bonds is 1. The number of ether oxygens (including phenoxy) is 1. The van der Waals surface area contributed by atoms with E-state index in [0.29, 0.717) is 5.75 Å². The van der Waals surface area contributed by atoms with Gasteiger partial charge in [-0.15, -0.1) is 0 Å². The van der Waals surface area contributed by atoms with Gasteiger partial charge in [-0.05, 0) is 13.8 Å². The molecule has 1 aromatic heterocycles. The maximum absolute atomic E-state index is 9.81. The van der Waals surface area contributed by atoms with Gasteiger partial charge in [-0.1, -0.05) is 0 Å². The van der Waals surface area contributed by atoms with Crippen LogP contribution in [0.3, 0.4) is 0 Å². The summed E-state index contributed by atoms with van der Waals surface area (Å²) in [6.45, 7) is 3.67. The van der Waals surface area contributed by atoms with E-state index in [9.17, 15) is 5.11 Å². The lowest BCUT2D eigenvalue weighted by Crippen LogP contribution is -1.92. The Bertz CT molecular complexity index is 493. The molecule has 0 unspecified atom stereocenters. The molecule has 0 spiro atoms. The first-order valence-electron chi connectivity index (χ1n) is 4.15. The summed E-state index contributed by atoms with van der Waals surface area (Å²) in [5.74, 6) is 0.646. The van der Waals surface area contributed by atoms with E-state index in [0.717, 1.165) is 33.9 Å². The highest BCUT2D eigenvalue weighted by Gasteiger charge is 2.17. The number of aryl methyl sites for hydroxylation is 2. The molecule has 1 heterocycles. The van der Waals surface area contributed by atoms with Crippen molar-refractivity contribution in [3.8, 4) is 11.5 Å². The number of nitrogens with zero attached hydrogens (tertiary/aromatic N) is 2. The largest absolute Gasteiger partial charge is 0.504 e. The van der Waals surface area contributed by atoms with Gasteiger partial charge in [-0.2, -0.15) is 8.75 Å². The van der Waals surface area contributed by atoms with E-state index in [-0.39, 0.29) is 5.75 Å². The summed E-state index contributed by atoms with van der Waals surface area (Å²) in [6.07, 6.45) is 0. The van der Waals surface area contributed by atoms with E-state index < -0.39 is 0 Å². The van der Waals surface area contributed by atoms with E-state index in [1.165, 1.54) is 7.11 Å². The molecule has 0 aliphatic rings. The van der Waals surface area contributed by atoms with E-state index in [2.05, 4.69) is 8.75 Å². The molecule has 1 N–H and O–H groups in total. The molecule has 0 saturated carbocycles. The van der Waals surface area contributed by atoms with Crippen LogP contribution in [0.15, 0.2) is 0 Å². The number of fused-ring (bicyclic) bond motifs is 1. The Kier molecular flexibility index (Phi) is 2.03. The zero-order valence-electron chi connectivity index (χ0n) is 8.16. The molecule has 0 aliphatic carbocycles. The molecule has 0 bridgehead atoms. The minimum Gasteiger partial charge on any atom is -0.504 e. The van der Waals surface area contributed by atoms with Crippen LogP contribution in [0.4, 0.5) is 0 Å². The van der Waals surface area contributed by atoms with Crippen molar-refractivity contribution in [2.24, 2.45) is 0 Å². The van der Waals surface area contributed by atoms with Crippen molar-refractivity contribution in [3.05, 3.63) is 11.1 Å². The van der Waals surface area contributed by atoms with Crippen molar-refractivity contribution < 1.29 is 9.84 Å². The Morgan fingerprint density at radius 3 is 2.29 bits per heavy atom. The van der Waals surface area contributed by atoms with Crippen LogP contribution in [0.5, 0.6) is 11.5 Å². The van der Waals surface area contributed by atoms with Crippen molar-refractivity contribution in [2.75, 3.05) is 7.11 Å². The lowest BCUT2D eigenvalue weighted by Gasteiger charge is -2.09. The van der Waals surface area contributed by atoms with Gasteiger partial charge in [0, 0.05) is 11.1 Å². The molecule has 2 rings (SSSR count). The minimum absolute atomic E-state index is 0.158. The summed E-state index contributed by atoms with van der Waals surface area (Å²) in [7, 11) is 1.53. The van der Waals surface area contributed by atoms with Gasteiger partial charge in [-0.3, -0.25) is 0 Å². The van der Waals surface area contributed by atoms with Gasteiger partial charge >= 0.3 is 0 Å². The van der Waals surface area contributed by atoms with Gasteiger partial charge in [0.25, 0.3) is 0 Å². The molecule has 0 radical (unpaired) electrons. The number of methoxy groups -OCH3 is 1. The predicted molar refractivity (Wildman–Crippen MR) is 55.1 cm³/mol. The average molecular weight is 210 g/mol. The van der Waals surface area contributed by atoms with Gasteiger partial charge < -0.3 is 9.84 Å². The second kappa shape index (κ2) is 3.09. The molecule has 0 atom stereocenters. The number of aromatic hydroxyl groups is 1. The Labute approximate surface area is 85.5 Å². The second-order valence-electron chi connectivity index (χ2n) is 3.09. The number of aromatic nitrogens is 2. The van der Waals surface area contributed by atoms with Gasteiger partial charge in [0.05, 0.1) is 18.8 Å². The van der Waals surface area contributed by atoms with Crippen LogP contribution in [-0.4, -0.2) is 21.0 Å². The zero-order chi connectivity index (χ0) is 10.3. The van der Waals surface area contributed by atoms with Crippen molar-refractivity contribution in [3.63, 3.8) is 0 Å². The monoisotopic (exact) mass is 210 g/mol. The highest BCUT2D eigenvalue weighted by Crippen LogP contribution is 2.38. The summed E-state index contributed by atoms with van der Waals surface area (Å²) in [6, 6.07) is 0. The zero-order valence-corrected chi connectivity index (χ0v) is 8.97. The molecular weight excluding hydrogens is 200 g/mol. The standard InChI is InChI=1S/C9H10N2O2S/c1-4-6-7(11-14-10-6)5(2)9(13-3)8(4)12/h12H,1-3H3. The maximum atomic E-state index is 9.81. The average Bonchev–Trinajstić information content (AvgIpc) is 2.64. The summed E-state index contributed by atoms with van der Waals surface area (Å²) < 4.78 is 13.4. The third-order valence-corrected chi connectivity index (χ3v) is 2.84. The Morgan fingerprint density at radius 2 is 1.71 bits per heavy atom. The van der Waals surface area contributed by atoms with Crippen LogP contribution in [-0.2, 0) is 0 Å². The summed E-state index contributed by atoms with van der Waals surface area (Å²) in [5, 5.41) is 9.81. The first kappa shape index (κ1) is 9.21. The van der Waals surface area contributed by atoms with Crippen LogP contribution in [0, 0.1) is 13.8 Å². The number of hydrogen-bond donors (Lipinski definition) is 1. The number of phenols is 1. The molecule has 1 aromatic carbocycles. The lowest BCUT2D eigenvalue weighted by molar-refractivity contribution is 0.370. The van der Waals surface area contributed by atoms with Crippen LogP contribution >= 0.6 is 11.7 Å². The van der Waals surface area contributed by atoms with Crippen molar-refractivity contribution >= 4 is 22.8 Å². The van der Waals surface area contributed by atoms with Crippen molar-refractivity contribution in [2.45, 2.75) is 13.8 Å². The molecule has 74 valence electrons. The molecular formula is C9H10N2O2S. The summed E-state index contributed by atoms with van der Waals surface area (Å²) in [4.78, 5) is 0. The predicted octanol–water partition coefficient (Wildman–Crippen LogP) is 2.02. The van der Waals surface area contributed by atoms with E-state index in [4.69, 9.17) is 4.74 Å². The van der Waals surface area contributed by atoms with Crippen LogP contribution in [0.25, 0.3) is 11.0 Å². The maximum Gasteiger partial charge on any atom is 0.166 e. The topological polar surface area (TPSA) is 55.2 Å². The van der Waals surface area contributed by atoms with Gasteiger partial charge in [0.1, 0.15) is 11.0 Å². The fourth-order valence-corrected chi connectivity index (χ4v) is 2.15. The molecule has 4 nitrogen and oxygen atoms in total. The van der Waals surface area contributed by atoms with Gasteiger partial charge in [-0.25, -0.2) is 0 Å². The normalized spacial score (nSPS) is 10.8. The molecule has 0 aliphatic heterocycles. The third kappa shape index (κ3) is 1.05. The van der Waals surface area contributed by atoms with Crippen LogP contribution < -0.4 is 4.74 Å². The number of benzene rings is 1. The molecule has 2 aromatic rings. The minimum atomic E-state index is 0.158. The van der Waals surface area contributed by atoms with E-state index >= 15 is 0 Å². The summed E-state index contributed by atoms with van der Waals surface area (Å²) >= 11 is 1.14. The molecule has 5 heteroatoms. The van der Waals surface area contributed by atoms with Crippen LogP contribution in [0.2, 0.25) is 0 Å². The van der Waals surface area contributed by atoms with Gasteiger partial charge in [0.15, 0.2) is 11.5 Å². The fraction of sp³-hybridized carbons (Fsp3) is 0.333. The van der Waals surface area contributed by atoms with Gasteiger partial charge in [0.2, 0.25) is 0 Å². The quantitative estimate of drug-likeness (QED) is 0.782. The van der Waals surface area contributed by atoms with Crippen molar-refractivity contribution in [1.82, 2.24) is 8.75 Å². The smallest absolute Gasteiger partial charge is 0.166 e. The first-order chi connectivity index (χ1) is 6.66. The highest BCUT2D eigenvalue weighted by molar-refractivity contribution is 7.00. The summed E-state index contributed by atoms with van der Waals surface area (Å²) in [5.41, 5.74) is 3.11. The van der Waals surface area contributed by atoms with Crippen molar-refractivity contribution in [1.29, 1.82) is 0 Å². The third-order valence-electron chi connectivity index (χ3n) is 2.31. The SMILES string of the molecule is COc1c(O)c(C)c2nsnc2c1C. The molecule has 0 fully saturated rings. The van der Waals surface area contributed by atoms with Crippen LogP contribution in [0.1, 0.15) is 11.1 Å². The first-order valence-corrected chi connectivity index (χ1v) is 4.88. The fourth-order valence-electron chi connectivity index (χ4n) is 1.50. The number of phenolic OH excluding ortho intramolecular Hbond substituents is 1. The Balaban J connectivity index is 2.94. The van der Waals surface area contributed by atoms with E-state index in [1.54, 1.807) is 6.92 Å². The Morgan fingerprint density at radius 1 is 1.14 bits per heavy atom. The highest BCUT2D eigenvalue weighted by atomic mass is 32.1. The lowest BCUT2D eigenvalue weighted by atomic mass is 10.1. The number of hydrogen-bond acceptors (Lipinski definition) is 5. The Hall–Kier alpha value is -1.36. The molecule has 14 heavy (non-hydrogen) atoms. The molecule has 0 amide bonds.